The van der Waals surface area contributed by atoms with Gasteiger partial charge in [-0.25, -0.2) is 4.57 Å². The summed E-state index contributed by atoms with van der Waals surface area (Å²) in [4.78, 5) is 35.3. The number of hydrogen-bond acceptors (Lipinski definition) is 8. The number of allylic oxidation sites excluding steroid dienone is 26. The number of esters is 2. The molecule has 0 aromatic carbocycles. The van der Waals surface area contributed by atoms with Gasteiger partial charge in [0.15, 0.2) is 6.10 Å². The van der Waals surface area contributed by atoms with Crippen molar-refractivity contribution in [2.75, 3.05) is 26.4 Å². The second kappa shape index (κ2) is 64.8. The van der Waals surface area contributed by atoms with E-state index in [4.69, 9.17) is 24.3 Å². The fourth-order valence-corrected chi connectivity index (χ4v) is 8.96. The van der Waals surface area contributed by atoms with Crippen molar-refractivity contribution in [2.24, 2.45) is 5.73 Å². The van der Waals surface area contributed by atoms with E-state index >= 15 is 0 Å². The molecule has 2 unspecified atom stereocenters. The largest absolute Gasteiger partial charge is 0.472 e. The lowest BCUT2D eigenvalue weighted by molar-refractivity contribution is -0.161. The van der Waals surface area contributed by atoms with Gasteiger partial charge in [-0.1, -0.05) is 262 Å². The number of hydrogen-bond donors (Lipinski definition) is 2. The monoisotopic (exact) mass is 1140 g/mol. The number of carbonyl (C=O) groups excluding carboxylic acids is 2. The van der Waals surface area contributed by atoms with Crippen LogP contribution in [0.5, 0.6) is 0 Å². The van der Waals surface area contributed by atoms with E-state index in [0.717, 1.165) is 141 Å². The molecule has 0 spiro atoms. The number of ether oxygens (including phenoxy) is 2. The van der Waals surface area contributed by atoms with Crippen LogP contribution in [0.25, 0.3) is 0 Å². The maximum Gasteiger partial charge on any atom is 0.472 e. The molecule has 2 atom stereocenters. The zero-order valence-electron chi connectivity index (χ0n) is 51.2. The molecule has 0 fully saturated rings. The Morgan fingerprint density at radius 1 is 0.383 bits per heavy atom. The van der Waals surface area contributed by atoms with Crippen LogP contribution >= 0.6 is 7.82 Å². The summed E-state index contributed by atoms with van der Waals surface area (Å²) < 4.78 is 33.1. The van der Waals surface area contributed by atoms with Gasteiger partial charge in [0.2, 0.25) is 0 Å². The molecule has 0 aliphatic rings. The van der Waals surface area contributed by atoms with Crippen LogP contribution in [0.4, 0.5) is 0 Å². The first-order chi connectivity index (χ1) is 39.8. The molecule has 0 amide bonds. The summed E-state index contributed by atoms with van der Waals surface area (Å²) in [5.74, 6) is -0.862. The summed E-state index contributed by atoms with van der Waals surface area (Å²) in [6.45, 7) is 3.58. The topological polar surface area (TPSA) is 134 Å². The van der Waals surface area contributed by atoms with E-state index in [1.165, 1.54) is 64.2 Å². The minimum atomic E-state index is -4.41. The van der Waals surface area contributed by atoms with E-state index in [2.05, 4.69) is 172 Å². The molecule has 0 rings (SSSR count). The maximum atomic E-state index is 12.7. The van der Waals surface area contributed by atoms with Crippen LogP contribution in [0.2, 0.25) is 0 Å². The predicted molar refractivity (Wildman–Crippen MR) is 348 cm³/mol. The molecule has 0 aromatic heterocycles. The van der Waals surface area contributed by atoms with Crippen LogP contribution in [-0.2, 0) is 32.7 Å². The minimum absolute atomic E-state index is 0.0412. The molecule has 0 bridgehead atoms. The Balaban J connectivity index is 4.06. The highest BCUT2D eigenvalue weighted by molar-refractivity contribution is 7.47. The van der Waals surface area contributed by atoms with Gasteiger partial charge < -0.3 is 20.1 Å². The third kappa shape index (κ3) is 64.7. The molecule has 0 radical (unpaired) electrons. The predicted octanol–water partition coefficient (Wildman–Crippen LogP) is 20.8. The Labute approximate surface area is 496 Å². The summed E-state index contributed by atoms with van der Waals surface area (Å²) in [5, 5.41) is 0. The lowest BCUT2D eigenvalue weighted by Gasteiger charge is -2.19. The molecule has 0 aromatic rings. The number of carbonyl (C=O) groups is 2. The SMILES string of the molecule is CC/C=C\C/C=C\C/C=C\C/C=C\C/C=C\C/C=C\C/C=C\C/C=C\C/C=C\C/C=C\CCCCCCCCC(=O)OC(COC(=O)CCCCCCCCCC/C=C\C/C=C\C/C=C\CCCCCCC)COP(=O)(O)OCCN. The highest BCUT2D eigenvalue weighted by Gasteiger charge is 2.26. The third-order valence-corrected chi connectivity index (χ3v) is 13.9. The molecular weight excluding hydrogens is 1030 g/mol. The van der Waals surface area contributed by atoms with Crippen molar-refractivity contribution in [3.8, 4) is 0 Å². The van der Waals surface area contributed by atoms with Crippen LogP contribution in [0.15, 0.2) is 158 Å². The third-order valence-electron chi connectivity index (χ3n) is 12.9. The Hall–Kier alpha value is -4.37. The summed E-state index contributed by atoms with van der Waals surface area (Å²) in [6, 6.07) is 0. The van der Waals surface area contributed by atoms with Gasteiger partial charge in [-0.2, -0.15) is 0 Å². The summed E-state index contributed by atoms with van der Waals surface area (Å²) in [5.41, 5.74) is 5.39. The Bertz CT molecular complexity index is 1880. The minimum Gasteiger partial charge on any atom is -0.462 e. The van der Waals surface area contributed by atoms with Crippen molar-refractivity contribution < 1.29 is 37.6 Å². The number of phosphoric ester groups is 1. The molecule has 9 nitrogen and oxygen atoms in total. The summed E-state index contributed by atoms with van der Waals surface area (Å²) in [6.07, 6.45) is 94.4. The molecule has 0 heterocycles. The fourth-order valence-electron chi connectivity index (χ4n) is 8.20. The Morgan fingerprint density at radius 3 is 1.01 bits per heavy atom. The van der Waals surface area contributed by atoms with Gasteiger partial charge in [-0.3, -0.25) is 18.6 Å². The molecule has 458 valence electrons. The quantitative estimate of drug-likeness (QED) is 0.0264. The number of phosphoric acid groups is 1. The van der Waals surface area contributed by atoms with Crippen molar-refractivity contribution in [3.05, 3.63) is 158 Å². The zero-order valence-corrected chi connectivity index (χ0v) is 52.1. The highest BCUT2D eigenvalue weighted by atomic mass is 31.2. The van der Waals surface area contributed by atoms with Crippen LogP contribution < -0.4 is 5.73 Å². The van der Waals surface area contributed by atoms with Gasteiger partial charge >= 0.3 is 19.8 Å². The van der Waals surface area contributed by atoms with Gasteiger partial charge in [-0.05, 0) is 128 Å². The number of unbranched alkanes of at least 4 members (excludes halogenated alkanes) is 19. The van der Waals surface area contributed by atoms with Gasteiger partial charge in [0.25, 0.3) is 0 Å². The van der Waals surface area contributed by atoms with Gasteiger partial charge in [0, 0.05) is 19.4 Å². The van der Waals surface area contributed by atoms with Crippen LogP contribution in [-0.4, -0.2) is 49.3 Å². The fraction of sp³-hybridized carbons (Fsp3) is 0.606. The lowest BCUT2D eigenvalue weighted by Crippen LogP contribution is -2.29. The normalized spacial score (nSPS) is 14.1. The van der Waals surface area contributed by atoms with E-state index in [0.29, 0.717) is 12.8 Å². The molecule has 10 heteroatoms. The molecule has 0 aliphatic carbocycles. The van der Waals surface area contributed by atoms with E-state index in [9.17, 15) is 19.0 Å². The average molecular weight is 1140 g/mol. The second-order valence-electron chi connectivity index (χ2n) is 20.5. The molecule has 81 heavy (non-hydrogen) atoms. The first kappa shape index (κ1) is 76.6. The van der Waals surface area contributed by atoms with Crippen molar-refractivity contribution in [1.82, 2.24) is 0 Å². The Morgan fingerprint density at radius 2 is 0.679 bits per heavy atom. The zero-order chi connectivity index (χ0) is 58.7. The molecule has 3 N–H and O–H groups in total. The van der Waals surface area contributed by atoms with Crippen LogP contribution in [0, 0.1) is 0 Å². The van der Waals surface area contributed by atoms with Crippen molar-refractivity contribution in [2.45, 2.75) is 251 Å². The number of nitrogens with two attached hydrogens (primary N) is 1. The van der Waals surface area contributed by atoms with Gasteiger partial charge in [0.05, 0.1) is 13.2 Å². The van der Waals surface area contributed by atoms with E-state index in [1.54, 1.807) is 0 Å². The molecule has 0 aliphatic heterocycles. The molecule has 0 saturated heterocycles. The maximum absolute atomic E-state index is 12.7. The smallest absolute Gasteiger partial charge is 0.462 e. The summed E-state index contributed by atoms with van der Waals surface area (Å²) in [7, 11) is -4.41. The first-order valence-corrected chi connectivity index (χ1v) is 33.5. The first-order valence-electron chi connectivity index (χ1n) is 32.0. The average Bonchev–Trinajstić information content (AvgIpc) is 3.46. The van der Waals surface area contributed by atoms with Crippen molar-refractivity contribution in [1.29, 1.82) is 0 Å². The van der Waals surface area contributed by atoms with Crippen molar-refractivity contribution >= 4 is 19.8 Å². The van der Waals surface area contributed by atoms with Gasteiger partial charge in [-0.15, -0.1) is 0 Å². The van der Waals surface area contributed by atoms with E-state index < -0.39 is 32.5 Å². The van der Waals surface area contributed by atoms with Crippen LogP contribution in [0.3, 0.4) is 0 Å². The molecule has 0 saturated carbocycles. The summed E-state index contributed by atoms with van der Waals surface area (Å²) >= 11 is 0. The van der Waals surface area contributed by atoms with E-state index in [-0.39, 0.29) is 32.6 Å². The van der Waals surface area contributed by atoms with Gasteiger partial charge in [0.1, 0.15) is 6.61 Å². The molecular formula is C71H116NO8P. The standard InChI is InChI=1S/C71H116NO8P/c1-3-5-7-9-11-13-15-17-19-21-23-25-27-28-29-30-31-32-33-34-35-36-37-38-39-40-42-44-46-48-50-52-54-56-58-60-62-64-71(74)80-69(68-79-81(75,76)78-66-65-72)67-77-70(73)63-61-59-57-55-53-51-49-47-45-43-41-26-24-22-20-18-16-14-12-10-8-6-4-2/h5,7,11,13,16-19,22-25,28-29,31-32,34-35,37-38,40-43,46,48,69H,3-4,6,8-10,12,14-15,20-21,26-27,30,33,36,39,44-45,47,49-68,72H2,1-2H3,(H,75,76)/b7-5-,13-11-,18-16-,19-17-,24-22-,25-23-,29-28-,32-31-,35-34-,38-37-,42-40-,43-41-,48-46-. The highest BCUT2D eigenvalue weighted by Crippen LogP contribution is 2.43. The van der Waals surface area contributed by atoms with Crippen molar-refractivity contribution in [3.63, 3.8) is 0 Å². The Kier molecular flexibility index (Phi) is 61.3. The number of rotatable bonds is 58. The van der Waals surface area contributed by atoms with E-state index in [1.807, 2.05) is 0 Å². The lowest BCUT2D eigenvalue weighted by atomic mass is 10.1. The second-order valence-corrected chi connectivity index (χ2v) is 22.0. The van der Waals surface area contributed by atoms with Crippen LogP contribution in [0.1, 0.15) is 245 Å².